The molecule has 2 N–H and O–H groups in total. The Balaban J connectivity index is 3.11. The van der Waals surface area contributed by atoms with E-state index in [9.17, 15) is 4.79 Å². The summed E-state index contributed by atoms with van der Waals surface area (Å²) in [6.07, 6.45) is 0.772. The highest BCUT2D eigenvalue weighted by Gasteiger charge is 2.16. The molecule has 0 fully saturated rings. The zero-order chi connectivity index (χ0) is 10.7. The van der Waals surface area contributed by atoms with Crippen LogP contribution in [0.1, 0.15) is 21.7 Å². The molecule has 0 bridgehead atoms. The van der Waals surface area contributed by atoms with E-state index in [-0.39, 0.29) is 5.97 Å². The first-order chi connectivity index (χ1) is 6.61. The van der Waals surface area contributed by atoms with Crippen molar-refractivity contribution in [2.75, 3.05) is 13.7 Å². The first-order valence-corrected chi connectivity index (χ1v) is 4.55. The van der Waals surface area contributed by atoms with Gasteiger partial charge in [-0.25, -0.2) is 4.79 Å². The second kappa shape index (κ2) is 4.28. The lowest BCUT2D eigenvalue weighted by molar-refractivity contribution is 0.0588. The number of carbonyl (C=O) groups is 1. The molecule has 0 amide bonds. The van der Waals surface area contributed by atoms with E-state index in [0.29, 0.717) is 12.2 Å². The molecule has 1 aromatic rings. The molecular formula is C10H16N2O2. The fraction of sp³-hybridized carbons (Fsp3) is 0.500. The van der Waals surface area contributed by atoms with Crippen LogP contribution in [0.3, 0.4) is 0 Å². The van der Waals surface area contributed by atoms with E-state index in [2.05, 4.69) is 0 Å². The SMILES string of the molecule is COC(=O)c1c(C)cc(CCN)n1C. The molecule has 1 heterocycles. The highest BCUT2D eigenvalue weighted by Crippen LogP contribution is 2.15. The van der Waals surface area contributed by atoms with Crippen LogP contribution in [0.15, 0.2) is 6.07 Å². The first kappa shape index (κ1) is 10.8. The fourth-order valence-electron chi connectivity index (χ4n) is 1.61. The lowest BCUT2D eigenvalue weighted by Crippen LogP contribution is -2.12. The molecule has 0 aliphatic carbocycles. The number of nitrogens with zero attached hydrogens (tertiary/aromatic N) is 1. The van der Waals surface area contributed by atoms with E-state index < -0.39 is 0 Å². The van der Waals surface area contributed by atoms with Crippen LogP contribution in [0, 0.1) is 6.92 Å². The van der Waals surface area contributed by atoms with Crippen molar-refractivity contribution in [3.63, 3.8) is 0 Å². The summed E-state index contributed by atoms with van der Waals surface area (Å²) in [5.41, 5.74) is 8.07. The summed E-state index contributed by atoms with van der Waals surface area (Å²) in [6, 6.07) is 1.97. The number of hydrogen-bond donors (Lipinski definition) is 1. The second-order valence-corrected chi connectivity index (χ2v) is 3.26. The van der Waals surface area contributed by atoms with Crippen molar-refractivity contribution < 1.29 is 9.53 Å². The Morgan fingerprint density at radius 2 is 2.29 bits per heavy atom. The summed E-state index contributed by atoms with van der Waals surface area (Å²) in [7, 11) is 3.24. The van der Waals surface area contributed by atoms with Gasteiger partial charge < -0.3 is 15.0 Å². The number of aryl methyl sites for hydroxylation is 1. The van der Waals surface area contributed by atoms with Crippen LogP contribution in [-0.2, 0) is 18.2 Å². The standard InChI is InChI=1S/C10H16N2O2/c1-7-6-8(4-5-11)12(2)9(7)10(13)14-3/h6H,4-5,11H2,1-3H3. The molecule has 0 atom stereocenters. The van der Waals surface area contributed by atoms with Gasteiger partial charge in [0, 0.05) is 12.7 Å². The third kappa shape index (κ3) is 1.80. The Morgan fingerprint density at radius 3 is 2.79 bits per heavy atom. The fourth-order valence-corrected chi connectivity index (χ4v) is 1.61. The summed E-state index contributed by atoms with van der Waals surface area (Å²) >= 11 is 0. The largest absolute Gasteiger partial charge is 0.464 e. The molecule has 1 rings (SSSR count). The Hall–Kier alpha value is -1.29. The van der Waals surface area contributed by atoms with Crippen molar-refractivity contribution in [2.45, 2.75) is 13.3 Å². The van der Waals surface area contributed by atoms with Gasteiger partial charge in [0.25, 0.3) is 0 Å². The molecule has 0 saturated carbocycles. The van der Waals surface area contributed by atoms with Crippen LogP contribution in [0.4, 0.5) is 0 Å². The van der Waals surface area contributed by atoms with Gasteiger partial charge in [-0.15, -0.1) is 0 Å². The number of aromatic nitrogens is 1. The molecule has 0 aliphatic heterocycles. The summed E-state index contributed by atoms with van der Waals surface area (Å²) < 4.78 is 6.54. The Morgan fingerprint density at radius 1 is 1.64 bits per heavy atom. The van der Waals surface area contributed by atoms with Gasteiger partial charge in [0.15, 0.2) is 0 Å². The average molecular weight is 196 g/mol. The molecule has 0 aliphatic rings. The predicted octanol–water partition coefficient (Wildman–Crippen LogP) is 0.621. The maximum Gasteiger partial charge on any atom is 0.354 e. The second-order valence-electron chi connectivity index (χ2n) is 3.26. The van der Waals surface area contributed by atoms with E-state index in [1.54, 1.807) is 0 Å². The van der Waals surface area contributed by atoms with E-state index in [4.69, 9.17) is 10.5 Å². The summed E-state index contributed by atoms with van der Waals surface area (Å²) in [5, 5.41) is 0. The number of carbonyl (C=O) groups excluding carboxylic acids is 1. The van der Waals surface area contributed by atoms with Gasteiger partial charge in [-0.2, -0.15) is 0 Å². The number of methoxy groups -OCH3 is 1. The van der Waals surface area contributed by atoms with Gasteiger partial charge in [0.05, 0.1) is 7.11 Å². The smallest absolute Gasteiger partial charge is 0.354 e. The molecular weight excluding hydrogens is 180 g/mol. The van der Waals surface area contributed by atoms with Gasteiger partial charge >= 0.3 is 5.97 Å². The van der Waals surface area contributed by atoms with E-state index in [0.717, 1.165) is 17.7 Å². The Bertz CT molecular complexity index is 342. The highest BCUT2D eigenvalue weighted by atomic mass is 16.5. The number of nitrogens with two attached hydrogens (primary N) is 1. The minimum Gasteiger partial charge on any atom is -0.464 e. The van der Waals surface area contributed by atoms with Crippen LogP contribution in [0.25, 0.3) is 0 Å². The zero-order valence-electron chi connectivity index (χ0n) is 8.83. The summed E-state index contributed by atoms with van der Waals surface area (Å²) in [6.45, 7) is 2.48. The third-order valence-corrected chi connectivity index (χ3v) is 2.30. The van der Waals surface area contributed by atoms with Crippen molar-refractivity contribution in [1.82, 2.24) is 4.57 Å². The predicted molar refractivity (Wildman–Crippen MR) is 54.2 cm³/mol. The summed E-state index contributed by atoms with van der Waals surface area (Å²) in [4.78, 5) is 11.4. The number of rotatable bonds is 3. The van der Waals surface area contributed by atoms with Gasteiger partial charge in [0.1, 0.15) is 5.69 Å². The van der Waals surface area contributed by atoms with Crippen LogP contribution in [0.5, 0.6) is 0 Å². The monoisotopic (exact) mass is 196 g/mol. The minimum absolute atomic E-state index is 0.298. The van der Waals surface area contributed by atoms with E-state index in [1.165, 1.54) is 7.11 Å². The maximum absolute atomic E-state index is 11.4. The highest BCUT2D eigenvalue weighted by molar-refractivity contribution is 5.89. The zero-order valence-corrected chi connectivity index (χ0v) is 8.83. The van der Waals surface area contributed by atoms with Gasteiger partial charge in [-0.3, -0.25) is 0 Å². The quantitative estimate of drug-likeness (QED) is 0.721. The molecule has 4 heteroatoms. The minimum atomic E-state index is -0.298. The molecule has 0 radical (unpaired) electrons. The van der Waals surface area contributed by atoms with Crippen molar-refractivity contribution >= 4 is 5.97 Å². The van der Waals surface area contributed by atoms with Gasteiger partial charge in [0.2, 0.25) is 0 Å². The van der Waals surface area contributed by atoms with Crippen LogP contribution in [-0.4, -0.2) is 24.2 Å². The molecule has 78 valence electrons. The molecule has 0 saturated heterocycles. The summed E-state index contributed by atoms with van der Waals surface area (Å²) in [5.74, 6) is -0.298. The van der Waals surface area contributed by atoms with Crippen LogP contribution in [0.2, 0.25) is 0 Å². The molecule has 0 spiro atoms. The topological polar surface area (TPSA) is 57.2 Å². The number of hydrogen-bond acceptors (Lipinski definition) is 3. The Kier molecular flexibility index (Phi) is 3.30. The van der Waals surface area contributed by atoms with Gasteiger partial charge in [-0.05, 0) is 31.5 Å². The molecule has 1 aromatic heterocycles. The lowest BCUT2D eigenvalue weighted by Gasteiger charge is -2.05. The molecule has 0 aromatic carbocycles. The molecule has 4 nitrogen and oxygen atoms in total. The van der Waals surface area contributed by atoms with Gasteiger partial charge in [-0.1, -0.05) is 0 Å². The van der Waals surface area contributed by atoms with Crippen LogP contribution >= 0.6 is 0 Å². The van der Waals surface area contributed by atoms with E-state index in [1.807, 2.05) is 24.6 Å². The van der Waals surface area contributed by atoms with Crippen molar-refractivity contribution in [2.24, 2.45) is 12.8 Å². The Labute approximate surface area is 83.7 Å². The normalized spacial score (nSPS) is 10.3. The van der Waals surface area contributed by atoms with Crippen molar-refractivity contribution in [1.29, 1.82) is 0 Å². The average Bonchev–Trinajstić information content (AvgIpc) is 2.42. The first-order valence-electron chi connectivity index (χ1n) is 4.55. The van der Waals surface area contributed by atoms with E-state index >= 15 is 0 Å². The number of esters is 1. The van der Waals surface area contributed by atoms with Crippen molar-refractivity contribution in [3.05, 3.63) is 23.0 Å². The van der Waals surface area contributed by atoms with Crippen molar-refractivity contribution in [3.8, 4) is 0 Å². The molecule has 14 heavy (non-hydrogen) atoms. The maximum atomic E-state index is 11.4. The number of ether oxygens (including phenoxy) is 1. The third-order valence-electron chi connectivity index (χ3n) is 2.30. The molecule has 0 unspecified atom stereocenters. The lowest BCUT2D eigenvalue weighted by atomic mass is 10.2. The van der Waals surface area contributed by atoms with Crippen LogP contribution < -0.4 is 5.73 Å².